The minimum atomic E-state index is -0.464. The molecule has 0 amide bonds. The van der Waals surface area contributed by atoms with Gasteiger partial charge in [-0.1, -0.05) is 11.8 Å². The summed E-state index contributed by atoms with van der Waals surface area (Å²) in [4.78, 5) is 11.0. The van der Waals surface area contributed by atoms with Gasteiger partial charge in [0.1, 0.15) is 6.10 Å². The summed E-state index contributed by atoms with van der Waals surface area (Å²) in [6.45, 7) is 0.737. The second-order valence-corrected chi connectivity index (χ2v) is 6.21. The van der Waals surface area contributed by atoms with E-state index in [9.17, 15) is 4.79 Å². The topological polar surface area (TPSA) is 99.4 Å². The Labute approximate surface area is 133 Å². The first kappa shape index (κ1) is 17.2. The molecule has 0 aliphatic carbocycles. The van der Waals surface area contributed by atoms with Crippen molar-refractivity contribution < 1.29 is 19.4 Å². The molecule has 1 aromatic heterocycles. The Morgan fingerprint density at radius 1 is 1.36 bits per heavy atom. The molecule has 2 atom stereocenters. The van der Waals surface area contributed by atoms with Gasteiger partial charge in [-0.2, -0.15) is 0 Å². The molecule has 3 rings (SSSR count). The molecule has 1 aromatic rings. The van der Waals surface area contributed by atoms with Gasteiger partial charge in [0.05, 0.1) is 0 Å². The summed E-state index contributed by atoms with van der Waals surface area (Å²) < 4.78 is 11.6. The average molecular weight is 330 g/mol. The van der Waals surface area contributed by atoms with Crippen molar-refractivity contribution in [3.8, 4) is 0 Å². The molecule has 124 valence electrons. The van der Waals surface area contributed by atoms with Gasteiger partial charge in [-0.25, -0.2) is 4.68 Å². The highest BCUT2D eigenvalue weighted by atomic mass is 32.2. The molecule has 0 saturated carbocycles. The number of hydrogen-bond acceptors (Lipinski definition) is 8. The average Bonchev–Trinajstić information content (AvgIpc) is 2.92. The molecule has 0 aromatic carbocycles. The van der Waals surface area contributed by atoms with Crippen LogP contribution >= 0.6 is 11.8 Å². The minimum Gasteiger partial charge on any atom is -0.461 e. The molecule has 2 saturated heterocycles. The van der Waals surface area contributed by atoms with E-state index < -0.39 is 6.29 Å². The van der Waals surface area contributed by atoms with Gasteiger partial charge in [-0.3, -0.25) is 4.79 Å². The molecule has 1 unspecified atom stereocenters. The number of aliphatic hydroxyl groups excluding tert-OH is 1. The van der Waals surface area contributed by atoms with Crippen LogP contribution in [0.3, 0.4) is 0 Å². The molecule has 2 aliphatic rings. The van der Waals surface area contributed by atoms with Gasteiger partial charge in [0.15, 0.2) is 6.29 Å². The molecule has 0 spiro atoms. The quantitative estimate of drug-likeness (QED) is 0.645. The first-order chi connectivity index (χ1) is 10.6. The van der Waals surface area contributed by atoms with E-state index in [4.69, 9.17) is 14.6 Å². The van der Waals surface area contributed by atoms with Crippen LogP contribution in [0.5, 0.6) is 0 Å². The number of aromatic nitrogens is 4. The summed E-state index contributed by atoms with van der Waals surface area (Å²) in [5.41, 5.74) is 0. The molecular formula is C13H22N4O4S. The van der Waals surface area contributed by atoms with E-state index in [1.54, 1.807) is 11.7 Å². The van der Waals surface area contributed by atoms with E-state index in [0.717, 1.165) is 49.6 Å². The minimum absolute atomic E-state index is 0.00736. The van der Waals surface area contributed by atoms with Gasteiger partial charge in [-0.15, -0.1) is 5.10 Å². The molecular weight excluding hydrogens is 308 g/mol. The van der Waals surface area contributed by atoms with Crippen molar-refractivity contribution in [3.63, 3.8) is 0 Å². The third-order valence-corrected chi connectivity index (χ3v) is 4.48. The number of rotatable bonds is 3. The highest BCUT2D eigenvalue weighted by molar-refractivity contribution is 7.99. The van der Waals surface area contributed by atoms with Gasteiger partial charge in [0, 0.05) is 25.8 Å². The summed E-state index contributed by atoms with van der Waals surface area (Å²) >= 11 is 1.51. The fourth-order valence-corrected chi connectivity index (χ4v) is 3.02. The first-order valence-electron chi connectivity index (χ1n) is 7.49. The van der Waals surface area contributed by atoms with E-state index in [1.165, 1.54) is 11.8 Å². The van der Waals surface area contributed by atoms with Gasteiger partial charge in [0.25, 0.3) is 0 Å². The van der Waals surface area contributed by atoms with E-state index in [0.29, 0.717) is 6.42 Å². The van der Waals surface area contributed by atoms with E-state index in [1.807, 2.05) is 0 Å². The summed E-state index contributed by atoms with van der Waals surface area (Å²) in [6, 6.07) is 0. The largest absolute Gasteiger partial charge is 0.461 e. The fraction of sp³-hybridized carbons (Fsp3) is 0.846. The highest BCUT2D eigenvalue weighted by Gasteiger charge is 2.21. The van der Waals surface area contributed by atoms with Gasteiger partial charge in [-0.05, 0) is 42.5 Å². The van der Waals surface area contributed by atoms with Crippen molar-refractivity contribution in [2.45, 2.75) is 56.1 Å². The molecule has 3 heterocycles. The highest BCUT2D eigenvalue weighted by Crippen LogP contribution is 2.21. The SMILES string of the molecule is Cn1nnnc1SC[C@@H]1CCCC(=O)O1.OC1CCCCO1. The Bertz CT molecular complexity index is 465. The van der Waals surface area contributed by atoms with Crippen LogP contribution in [0.2, 0.25) is 0 Å². The summed E-state index contributed by atoms with van der Waals surface area (Å²) in [5, 5.41) is 20.5. The van der Waals surface area contributed by atoms with Gasteiger partial charge < -0.3 is 14.6 Å². The number of tetrazole rings is 1. The monoisotopic (exact) mass is 330 g/mol. The van der Waals surface area contributed by atoms with Crippen molar-refractivity contribution in [2.24, 2.45) is 7.05 Å². The number of esters is 1. The van der Waals surface area contributed by atoms with E-state index >= 15 is 0 Å². The summed E-state index contributed by atoms with van der Waals surface area (Å²) in [6.07, 6.45) is 4.98. The molecule has 0 bridgehead atoms. The number of aryl methyl sites for hydroxylation is 1. The molecule has 1 N–H and O–H groups in total. The Balaban J connectivity index is 0.000000211. The van der Waals surface area contributed by atoms with Crippen LogP contribution in [-0.4, -0.2) is 56.0 Å². The van der Waals surface area contributed by atoms with Crippen LogP contribution in [0, 0.1) is 0 Å². The van der Waals surface area contributed by atoms with Crippen LogP contribution in [0.15, 0.2) is 5.16 Å². The molecule has 22 heavy (non-hydrogen) atoms. The Morgan fingerprint density at radius 2 is 2.23 bits per heavy atom. The van der Waals surface area contributed by atoms with Crippen molar-refractivity contribution in [1.29, 1.82) is 0 Å². The molecule has 9 heteroatoms. The number of cyclic esters (lactones) is 1. The van der Waals surface area contributed by atoms with Crippen molar-refractivity contribution >= 4 is 17.7 Å². The van der Waals surface area contributed by atoms with E-state index in [-0.39, 0.29) is 12.1 Å². The third kappa shape index (κ3) is 5.90. The number of thioether (sulfide) groups is 1. The standard InChI is InChI=1S/C8H12N4O2S.C5H10O2/c1-12-8(9-10-11-12)15-5-6-3-2-4-7(13)14-6;6-5-3-1-2-4-7-5/h6H,2-5H2,1H3;5-6H,1-4H2/t6-;/m0./s1. The zero-order valence-electron chi connectivity index (χ0n) is 12.7. The van der Waals surface area contributed by atoms with E-state index in [2.05, 4.69) is 15.5 Å². The first-order valence-corrected chi connectivity index (χ1v) is 8.48. The zero-order valence-corrected chi connectivity index (χ0v) is 13.5. The lowest BCUT2D eigenvalue weighted by Gasteiger charge is -2.21. The Hall–Kier alpha value is -1.19. The van der Waals surface area contributed by atoms with Crippen molar-refractivity contribution in [2.75, 3.05) is 12.4 Å². The number of carbonyl (C=O) groups is 1. The van der Waals surface area contributed by atoms with Crippen LogP contribution < -0.4 is 0 Å². The van der Waals surface area contributed by atoms with Gasteiger partial charge >= 0.3 is 5.97 Å². The van der Waals surface area contributed by atoms with Crippen molar-refractivity contribution in [1.82, 2.24) is 20.2 Å². The maximum absolute atomic E-state index is 11.0. The second kappa shape index (κ2) is 9.06. The summed E-state index contributed by atoms with van der Waals surface area (Å²) in [5.74, 6) is 0.628. The predicted molar refractivity (Wildman–Crippen MR) is 79.1 cm³/mol. The fourth-order valence-electron chi connectivity index (χ4n) is 2.13. The Kier molecular flexibility index (Phi) is 7.07. The van der Waals surface area contributed by atoms with Crippen LogP contribution in [0.25, 0.3) is 0 Å². The number of nitrogens with zero attached hydrogens (tertiary/aromatic N) is 4. The smallest absolute Gasteiger partial charge is 0.306 e. The van der Waals surface area contributed by atoms with Crippen molar-refractivity contribution in [3.05, 3.63) is 0 Å². The second-order valence-electron chi connectivity index (χ2n) is 5.22. The third-order valence-electron chi connectivity index (χ3n) is 3.34. The molecule has 2 aliphatic heterocycles. The number of ether oxygens (including phenoxy) is 2. The Morgan fingerprint density at radius 3 is 2.77 bits per heavy atom. The maximum atomic E-state index is 11.0. The summed E-state index contributed by atoms with van der Waals surface area (Å²) in [7, 11) is 1.79. The maximum Gasteiger partial charge on any atom is 0.306 e. The lowest BCUT2D eigenvalue weighted by molar-refractivity contribution is -0.152. The normalized spacial score (nSPS) is 25.1. The number of aliphatic hydroxyl groups is 1. The zero-order chi connectivity index (χ0) is 15.8. The molecule has 8 nitrogen and oxygen atoms in total. The number of carbonyl (C=O) groups excluding carboxylic acids is 1. The van der Waals surface area contributed by atoms with Crippen LogP contribution in [0.1, 0.15) is 38.5 Å². The van der Waals surface area contributed by atoms with Crippen LogP contribution in [0.4, 0.5) is 0 Å². The molecule has 0 radical (unpaired) electrons. The predicted octanol–water partition coefficient (Wildman–Crippen LogP) is 0.903. The molecule has 2 fully saturated rings. The lowest BCUT2D eigenvalue weighted by Crippen LogP contribution is -2.25. The van der Waals surface area contributed by atoms with Gasteiger partial charge in [0.2, 0.25) is 5.16 Å². The lowest BCUT2D eigenvalue weighted by atomic mass is 10.1. The van der Waals surface area contributed by atoms with Crippen LogP contribution in [-0.2, 0) is 21.3 Å². The number of hydrogen-bond donors (Lipinski definition) is 1.